The minimum absolute atomic E-state index is 0.447. The van der Waals surface area contributed by atoms with Gasteiger partial charge in [0, 0.05) is 28.0 Å². The second-order valence-corrected chi connectivity index (χ2v) is 7.05. The minimum Gasteiger partial charge on any atom is -0.313 e. The van der Waals surface area contributed by atoms with Crippen LogP contribution in [-0.4, -0.2) is 12.6 Å². The molecule has 0 bridgehead atoms. The van der Waals surface area contributed by atoms with Gasteiger partial charge in [0.15, 0.2) is 0 Å². The highest BCUT2D eigenvalue weighted by molar-refractivity contribution is 9.10. The molecular weight excluding hydrogens is 346 g/mol. The van der Waals surface area contributed by atoms with E-state index in [0.29, 0.717) is 5.92 Å². The fourth-order valence-electron chi connectivity index (χ4n) is 2.59. The lowest BCUT2D eigenvalue weighted by Gasteiger charge is -2.19. The predicted molar refractivity (Wildman–Crippen MR) is 93.1 cm³/mol. The van der Waals surface area contributed by atoms with Crippen molar-refractivity contribution in [1.82, 2.24) is 5.32 Å². The molecule has 0 aliphatic heterocycles. The van der Waals surface area contributed by atoms with Crippen molar-refractivity contribution >= 4 is 27.5 Å². The van der Waals surface area contributed by atoms with Crippen LogP contribution in [-0.2, 0) is 6.42 Å². The van der Waals surface area contributed by atoms with Crippen LogP contribution in [0.25, 0.3) is 0 Å². The Morgan fingerprint density at radius 1 is 1.14 bits per heavy atom. The standard InChI is InChI=1S/C18H19BrClN/c19-16-6-3-5-13(11-16)15(12-21-17-8-9-17)10-14-4-1-2-7-18(14)20/h1-7,11,15,17,21H,8-10,12H2. The summed E-state index contributed by atoms with van der Waals surface area (Å²) in [6.45, 7) is 1.01. The first-order valence-corrected chi connectivity index (χ1v) is 8.62. The fourth-order valence-corrected chi connectivity index (χ4v) is 3.22. The van der Waals surface area contributed by atoms with Gasteiger partial charge < -0.3 is 5.32 Å². The van der Waals surface area contributed by atoms with E-state index in [0.717, 1.165) is 28.5 Å². The molecule has 1 atom stereocenters. The van der Waals surface area contributed by atoms with Crippen molar-refractivity contribution in [3.63, 3.8) is 0 Å². The summed E-state index contributed by atoms with van der Waals surface area (Å²) in [5.74, 6) is 0.447. The topological polar surface area (TPSA) is 12.0 Å². The number of hydrogen-bond donors (Lipinski definition) is 1. The highest BCUT2D eigenvalue weighted by Crippen LogP contribution is 2.28. The number of rotatable bonds is 6. The molecule has 1 unspecified atom stereocenters. The summed E-state index contributed by atoms with van der Waals surface area (Å²) in [4.78, 5) is 0. The number of nitrogens with one attached hydrogen (secondary N) is 1. The zero-order valence-electron chi connectivity index (χ0n) is 11.9. The Morgan fingerprint density at radius 3 is 2.67 bits per heavy atom. The summed E-state index contributed by atoms with van der Waals surface area (Å²) in [6.07, 6.45) is 3.60. The summed E-state index contributed by atoms with van der Waals surface area (Å²) >= 11 is 9.91. The SMILES string of the molecule is Clc1ccccc1CC(CNC1CC1)c1cccc(Br)c1. The summed E-state index contributed by atoms with van der Waals surface area (Å²) < 4.78 is 1.13. The summed E-state index contributed by atoms with van der Waals surface area (Å²) in [6, 6.07) is 17.5. The average molecular weight is 365 g/mol. The maximum atomic E-state index is 6.33. The lowest BCUT2D eigenvalue weighted by molar-refractivity contribution is 0.577. The Balaban J connectivity index is 1.79. The molecule has 2 aromatic rings. The minimum atomic E-state index is 0.447. The largest absolute Gasteiger partial charge is 0.313 e. The quantitative estimate of drug-likeness (QED) is 0.744. The van der Waals surface area contributed by atoms with Crippen LogP contribution in [0.5, 0.6) is 0 Å². The number of halogens is 2. The molecule has 1 N–H and O–H groups in total. The Kier molecular flexibility index (Phi) is 4.99. The van der Waals surface area contributed by atoms with Gasteiger partial charge >= 0.3 is 0 Å². The zero-order chi connectivity index (χ0) is 14.7. The van der Waals surface area contributed by atoms with Crippen LogP contribution < -0.4 is 5.32 Å². The fraction of sp³-hybridized carbons (Fsp3) is 0.333. The Labute approximate surface area is 139 Å². The summed E-state index contributed by atoms with van der Waals surface area (Å²) in [5.41, 5.74) is 2.58. The van der Waals surface area contributed by atoms with Crippen molar-refractivity contribution in [2.24, 2.45) is 0 Å². The monoisotopic (exact) mass is 363 g/mol. The van der Waals surface area contributed by atoms with E-state index < -0.39 is 0 Å². The van der Waals surface area contributed by atoms with Gasteiger partial charge in [0.1, 0.15) is 0 Å². The van der Waals surface area contributed by atoms with Crippen molar-refractivity contribution < 1.29 is 0 Å². The second kappa shape index (κ2) is 6.95. The van der Waals surface area contributed by atoms with Crippen LogP contribution >= 0.6 is 27.5 Å². The van der Waals surface area contributed by atoms with Crippen LogP contribution in [0.2, 0.25) is 5.02 Å². The normalized spacial score (nSPS) is 15.9. The van der Waals surface area contributed by atoms with Crippen LogP contribution in [0, 0.1) is 0 Å². The number of hydrogen-bond acceptors (Lipinski definition) is 1. The van der Waals surface area contributed by atoms with Gasteiger partial charge in [0.05, 0.1) is 0 Å². The van der Waals surface area contributed by atoms with E-state index in [1.807, 2.05) is 12.1 Å². The molecule has 0 spiro atoms. The van der Waals surface area contributed by atoms with Crippen molar-refractivity contribution in [2.75, 3.05) is 6.54 Å². The van der Waals surface area contributed by atoms with E-state index in [4.69, 9.17) is 11.6 Å². The van der Waals surface area contributed by atoms with Crippen LogP contribution in [0.15, 0.2) is 53.0 Å². The third kappa shape index (κ3) is 4.32. The van der Waals surface area contributed by atoms with Crippen LogP contribution in [0.4, 0.5) is 0 Å². The van der Waals surface area contributed by atoms with E-state index in [1.165, 1.54) is 24.0 Å². The van der Waals surface area contributed by atoms with E-state index in [9.17, 15) is 0 Å². The van der Waals surface area contributed by atoms with Gasteiger partial charge in [-0.1, -0.05) is 57.9 Å². The molecular formula is C18H19BrClN. The molecule has 1 aliphatic rings. The average Bonchev–Trinajstić information content (AvgIpc) is 3.29. The van der Waals surface area contributed by atoms with Gasteiger partial charge in [-0.05, 0) is 48.6 Å². The lowest BCUT2D eigenvalue weighted by Crippen LogP contribution is -2.25. The van der Waals surface area contributed by atoms with E-state index in [1.54, 1.807) is 0 Å². The summed E-state index contributed by atoms with van der Waals surface area (Å²) in [7, 11) is 0. The van der Waals surface area contributed by atoms with Crippen molar-refractivity contribution in [3.8, 4) is 0 Å². The van der Waals surface area contributed by atoms with Crippen LogP contribution in [0.1, 0.15) is 29.9 Å². The van der Waals surface area contributed by atoms with E-state index in [-0.39, 0.29) is 0 Å². The maximum absolute atomic E-state index is 6.33. The molecule has 0 saturated heterocycles. The molecule has 1 saturated carbocycles. The Bertz CT molecular complexity index is 610. The van der Waals surface area contributed by atoms with Gasteiger partial charge in [0.2, 0.25) is 0 Å². The molecule has 0 heterocycles. The van der Waals surface area contributed by atoms with Gasteiger partial charge in [-0.25, -0.2) is 0 Å². The predicted octanol–water partition coefficient (Wildman–Crippen LogP) is 5.18. The van der Waals surface area contributed by atoms with Crippen LogP contribution in [0.3, 0.4) is 0 Å². The van der Waals surface area contributed by atoms with Gasteiger partial charge in [0.25, 0.3) is 0 Å². The Hall–Kier alpha value is -0.830. The number of benzene rings is 2. The molecule has 0 radical (unpaired) electrons. The molecule has 1 fully saturated rings. The second-order valence-electron chi connectivity index (χ2n) is 5.73. The summed E-state index contributed by atoms with van der Waals surface area (Å²) in [5, 5.41) is 4.52. The molecule has 110 valence electrons. The molecule has 3 heteroatoms. The third-order valence-electron chi connectivity index (χ3n) is 3.97. The molecule has 0 amide bonds. The first-order valence-electron chi connectivity index (χ1n) is 7.44. The smallest absolute Gasteiger partial charge is 0.0438 e. The molecule has 1 nitrogen and oxygen atoms in total. The maximum Gasteiger partial charge on any atom is 0.0438 e. The van der Waals surface area contributed by atoms with E-state index >= 15 is 0 Å². The first kappa shape index (κ1) is 15.1. The van der Waals surface area contributed by atoms with Crippen molar-refractivity contribution in [3.05, 3.63) is 69.2 Å². The van der Waals surface area contributed by atoms with E-state index in [2.05, 4.69) is 57.6 Å². The highest BCUT2D eigenvalue weighted by atomic mass is 79.9. The van der Waals surface area contributed by atoms with Crippen molar-refractivity contribution in [1.29, 1.82) is 0 Å². The third-order valence-corrected chi connectivity index (χ3v) is 4.84. The molecule has 21 heavy (non-hydrogen) atoms. The first-order chi connectivity index (χ1) is 10.2. The molecule has 3 rings (SSSR count). The highest BCUT2D eigenvalue weighted by Gasteiger charge is 2.23. The molecule has 2 aromatic carbocycles. The van der Waals surface area contributed by atoms with Gasteiger partial charge in [-0.3, -0.25) is 0 Å². The van der Waals surface area contributed by atoms with Crippen molar-refractivity contribution in [2.45, 2.75) is 31.2 Å². The lowest BCUT2D eigenvalue weighted by atomic mass is 9.92. The van der Waals surface area contributed by atoms with Gasteiger partial charge in [-0.2, -0.15) is 0 Å². The Morgan fingerprint density at radius 2 is 1.95 bits per heavy atom. The van der Waals surface area contributed by atoms with Gasteiger partial charge in [-0.15, -0.1) is 0 Å². The zero-order valence-corrected chi connectivity index (χ0v) is 14.2. The molecule has 0 aromatic heterocycles. The molecule has 1 aliphatic carbocycles.